The van der Waals surface area contributed by atoms with Crippen LogP contribution >= 0.6 is 22.7 Å². The Morgan fingerprint density at radius 3 is 3.00 bits per heavy atom. The molecule has 0 aliphatic carbocycles. The van der Waals surface area contributed by atoms with E-state index in [9.17, 15) is 0 Å². The first kappa shape index (κ1) is 10.8. The van der Waals surface area contributed by atoms with Crippen molar-refractivity contribution in [2.75, 3.05) is 13.2 Å². The van der Waals surface area contributed by atoms with Crippen molar-refractivity contribution in [1.29, 1.82) is 0 Å². The van der Waals surface area contributed by atoms with Gasteiger partial charge in [-0.3, -0.25) is 0 Å². The summed E-state index contributed by atoms with van der Waals surface area (Å²) >= 11 is 3.52. The molecule has 0 aromatic carbocycles. The molecule has 0 saturated heterocycles. The average Bonchev–Trinajstić information content (AvgIpc) is 2.87. The van der Waals surface area contributed by atoms with Crippen molar-refractivity contribution in [3.8, 4) is 10.4 Å². The normalized spacial score (nSPS) is 10.7. The van der Waals surface area contributed by atoms with E-state index in [0.29, 0.717) is 6.54 Å². The van der Waals surface area contributed by atoms with Crippen LogP contribution in [-0.4, -0.2) is 18.3 Å². The van der Waals surface area contributed by atoms with Crippen LogP contribution < -0.4 is 5.32 Å². The summed E-state index contributed by atoms with van der Waals surface area (Å²) in [5.41, 5.74) is 1.30. The Morgan fingerprint density at radius 1 is 1.33 bits per heavy atom. The molecule has 80 valence electrons. The molecule has 0 saturated carbocycles. The number of nitrogens with one attached hydrogen (secondary N) is 1. The van der Waals surface area contributed by atoms with Crippen LogP contribution in [0.1, 0.15) is 4.88 Å². The fourth-order valence-electron chi connectivity index (χ4n) is 1.34. The Kier molecular flexibility index (Phi) is 3.91. The van der Waals surface area contributed by atoms with Crippen molar-refractivity contribution < 1.29 is 5.11 Å². The van der Waals surface area contributed by atoms with E-state index in [1.807, 2.05) is 0 Å². The molecule has 2 heterocycles. The van der Waals surface area contributed by atoms with Crippen LogP contribution in [0, 0.1) is 0 Å². The Hall–Kier alpha value is -0.680. The molecule has 0 amide bonds. The maximum absolute atomic E-state index is 8.64. The molecule has 2 N–H and O–H groups in total. The van der Waals surface area contributed by atoms with Crippen molar-refractivity contribution in [2.24, 2.45) is 0 Å². The van der Waals surface area contributed by atoms with Crippen molar-refractivity contribution in [1.82, 2.24) is 5.32 Å². The third-order valence-electron chi connectivity index (χ3n) is 2.05. The third-order valence-corrected chi connectivity index (χ3v) is 3.90. The first-order valence-electron chi connectivity index (χ1n) is 4.83. The fourth-order valence-corrected chi connectivity index (χ4v) is 2.98. The molecule has 0 bridgehead atoms. The van der Waals surface area contributed by atoms with Gasteiger partial charge in [0.25, 0.3) is 0 Å². The molecule has 2 rings (SSSR count). The van der Waals surface area contributed by atoms with Crippen LogP contribution in [0.15, 0.2) is 29.0 Å². The van der Waals surface area contributed by atoms with Gasteiger partial charge in [-0.2, -0.15) is 0 Å². The van der Waals surface area contributed by atoms with Crippen LogP contribution in [-0.2, 0) is 6.54 Å². The summed E-state index contributed by atoms with van der Waals surface area (Å²) in [5.74, 6) is 0. The van der Waals surface area contributed by atoms with Gasteiger partial charge in [0.1, 0.15) is 0 Å². The van der Waals surface area contributed by atoms with E-state index in [-0.39, 0.29) is 6.61 Å². The van der Waals surface area contributed by atoms with Crippen LogP contribution in [0.3, 0.4) is 0 Å². The average molecular weight is 239 g/mol. The number of hydrogen-bond acceptors (Lipinski definition) is 4. The van der Waals surface area contributed by atoms with E-state index in [2.05, 4.69) is 34.3 Å². The second-order valence-electron chi connectivity index (χ2n) is 3.18. The van der Waals surface area contributed by atoms with Crippen LogP contribution in [0.25, 0.3) is 10.4 Å². The largest absolute Gasteiger partial charge is 0.395 e. The van der Waals surface area contributed by atoms with Gasteiger partial charge < -0.3 is 10.4 Å². The second kappa shape index (κ2) is 5.42. The summed E-state index contributed by atoms with van der Waals surface area (Å²) in [4.78, 5) is 2.63. The quantitative estimate of drug-likeness (QED) is 0.786. The number of aliphatic hydroxyl groups is 1. The molecule has 0 aliphatic heterocycles. The summed E-state index contributed by atoms with van der Waals surface area (Å²) < 4.78 is 0. The highest BCUT2D eigenvalue weighted by Gasteiger charge is 2.02. The minimum atomic E-state index is 0.198. The summed E-state index contributed by atoms with van der Waals surface area (Å²) in [6.45, 7) is 1.70. The van der Waals surface area contributed by atoms with E-state index in [4.69, 9.17) is 5.11 Å². The van der Waals surface area contributed by atoms with Gasteiger partial charge in [0, 0.05) is 28.4 Å². The van der Waals surface area contributed by atoms with Crippen molar-refractivity contribution >= 4 is 22.7 Å². The molecule has 15 heavy (non-hydrogen) atoms. The molecular formula is C11H13NOS2. The molecule has 0 spiro atoms. The topological polar surface area (TPSA) is 32.3 Å². The molecule has 0 fully saturated rings. The second-order valence-corrected chi connectivity index (χ2v) is 5.12. The minimum Gasteiger partial charge on any atom is -0.395 e. The van der Waals surface area contributed by atoms with Gasteiger partial charge in [-0.05, 0) is 22.9 Å². The highest BCUT2D eigenvalue weighted by atomic mass is 32.1. The van der Waals surface area contributed by atoms with Crippen LogP contribution in [0.5, 0.6) is 0 Å². The highest BCUT2D eigenvalue weighted by Crippen LogP contribution is 2.28. The molecule has 0 aliphatic rings. The first-order valence-corrected chi connectivity index (χ1v) is 6.59. The molecule has 2 nitrogen and oxygen atoms in total. The van der Waals surface area contributed by atoms with Gasteiger partial charge in [-0.15, -0.1) is 22.7 Å². The number of aliphatic hydroxyl groups excluding tert-OH is 1. The minimum absolute atomic E-state index is 0.198. The lowest BCUT2D eigenvalue weighted by molar-refractivity contribution is 0.292. The third kappa shape index (κ3) is 2.89. The zero-order valence-electron chi connectivity index (χ0n) is 8.27. The predicted molar refractivity (Wildman–Crippen MR) is 66.4 cm³/mol. The Morgan fingerprint density at radius 2 is 2.27 bits per heavy atom. The maximum Gasteiger partial charge on any atom is 0.0556 e. The molecule has 4 heteroatoms. The van der Waals surface area contributed by atoms with Gasteiger partial charge in [-0.25, -0.2) is 0 Å². The lowest BCUT2D eigenvalue weighted by Gasteiger charge is -1.98. The predicted octanol–water partition coefficient (Wildman–Crippen LogP) is 2.56. The fraction of sp³-hybridized carbons (Fsp3) is 0.273. The molecule has 0 unspecified atom stereocenters. The highest BCUT2D eigenvalue weighted by molar-refractivity contribution is 7.14. The van der Waals surface area contributed by atoms with E-state index >= 15 is 0 Å². The van der Waals surface area contributed by atoms with Crippen molar-refractivity contribution in [3.05, 3.63) is 33.8 Å². The zero-order valence-corrected chi connectivity index (χ0v) is 9.90. The molecule has 2 aromatic heterocycles. The monoisotopic (exact) mass is 239 g/mol. The Labute approximate surface area is 97.2 Å². The van der Waals surface area contributed by atoms with Crippen molar-refractivity contribution in [2.45, 2.75) is 6.54 Å². The maximum atomic E-state index is 8.64. The summed E-state index contributed by atoms with van der Waals surface area (Å²) in [6.07, 6.45) is 0. The number of thiophene rings is 2. The van der Waals surface area contributed by atoms with Crippen LogP contribution in [0.4, 0.5) is 0 Å². The van der Waals surface area contributed by atoms with E-state index < -0.39 is 0 Å². The van der Waals surface area contributed by atoms with Crippen molar-refractivity contribution in [3.63, 3.8) is 0 Å². The van der Waals surface area contributed by atoms with E-state index in [0.717, 1.165) is 6.54 Å². The first-order chi connectivity index (χ1) is 7.40. The summed E-state index contributed by atoms with van der Waals surface area (Å²) in [5, 5.41) is 16.1. The Bertz CT molecular complexity index is 394. The van der Waals surface area contributed by atoms with E-state index in [1.165, 1.54) is 15.3 Å². The Balaban J connectivity index is 1.98. The van der Waals surface area contributed by atoms with E-state index in [1.54, 1.807) is 22.7 Å². The summed E-state index contributed by atoms with van der Waals surface area (Å²) in [7, 11) is 0. The van der Waals surface area contributed by atoms with Gasteiger partial charge in [0.15, 0.2) is 0 Å². The SMILES string of the molecule is OCCNCc1cc(-c2cccs2)cs1. The lowest BCUT2D eigenvalue weighted by Crippen LogP contribution is -2.16. The van der Waals surface area contributed by atoms with Gasteiger partial charge in [0.2, 0.25) is 0 Å². The van der Waals surface area contributed by atoms with Gasteiger partial charge in [0.05, 0.1) is 6.61 Å². The summed E-state index contributed by atoms with van der Waals surface area (Å²) in [6, 6.07) is 6.42. The molecule has 2 aromatic rings. The number of hydrogen-bond donors (Lipinski definition) is 2. The zero-order chi connectivity index (χ0) is 10.5. The lowest BCUT2D eigenvalue weighted by atomic mass is 10.2. The molecule has 0 atom stereocenters. The van der Waals surface area contributed by atoms with Crippen LogP contribution in [0.2, 0.25) is 0 Å². The number of rotatable bonds is 5. The smallest absolute Gasteiger partial charge is 0.0556 e. The standard InChI is InChI=1S/C11H13NOS2/c13-4-3-12-7-10-6-9(8-15-10)11-2-1-5-14-11/h1-2,5-6,8,12-13H,3-4,7H2. The molecular weight excluding hydrogens is 226 g/mol. The molecule has 0 radical (unpaired) electrons. The van der Waals surface area contributed by atoms with Gasteiger partial charge in [-0.1, -0.05) is 6.07 Å². The van der Waals surface area contributed by atoms with Gasteiger partial charge >= 0.3 is 0 Å².